The van der Waals surface area contributed by atoms with Crippen molar-refractivity contribution in [3.8, 4) is 0 Å². The summed E-state index contributed by atoms with van der Waals surface area (Å²) >= 11 is 0. The van der Waals surface area contributed by atoms with Gasteiger partial charge in [0.2, 0.25) is 0 Å². The zero-order chi connectivity index (χ0) is 25.3. The van der Waals surface area contributed by atoms with E-state index in [0.29, 0.717) is 5.56 Å². The Labute approximate surface area is 206 Å². The maximum Gasteiger partial charge on any atom is 0.338 e. The van der Waals surface area contributed by atoms with Gasteiger partial charge < -0.3 is 18.9 Å². The predicted octanol–water partition coefficient (Wildman–Crippen LogP) is 4.33. The molecule has 0 aromatic heterocycles. The smallest absolute Gasteiger partial charge is 0.338 e. The lowest BCUT2D eigenvalue weighted by Gasteiger charge is -2.23. The number of nitrogens with zero attached hydrogens (tertiary/aromatic N) is 3. The highest BCUT2D eigenvalue weighted by Crippen LogP contribution is 2.30. The fourth-order valence-electron chi connectivity index (χ4n) is 3.60. The molecule has 182 valence electrons. The third-order valence-corrected chi connectivity index (χ3v) is 5.34. The molecule has 36 heavy (non-hydrogen) atoms. The van der Waals surface area contributed by atoms with Gasteiger partial charge in [0.05, 0.1) is 16.7 Å². The van der Waals surface area contributed by atoms with Crippen LogP contribution in [0.25, 0.3) is 10.4 Å². The Bertz CT molecular complexity index is 1250. The SMILES string of the molecule is [N-]=[N+]=N[C@@H]1O[C@H](COC(=O)c2ccccc2)[C@H](OC(=O)c2ccccc2)[C@@H]1OC(=O)c1ccccc1. The van der Waals surface area contributed by atoms with Gasteiger partial charge >= 0.3 is 17.9 Å². The third-order valence-electron chi connectivity index (χ3n) is 5.34. The molecule has 0 N–H and O–H groups in total. The van der Waals surface area contributed by atoms with Crippen LogP contribution in [0.1, 0.15) is 31.1 Å². The van der Waals surface area contributed by atoms with Gasteiger partial charge in [-0.3, -0.25) is 0 Å². The van der Waals surface area contributed by atoms with Crippen LogP contribution in [0.5, 0.6) is 0 Å². The minimum Gasteiger partial charge on any atom is -0.459 e. The zero-order valence-corrected chi connectivity index (χ0v) is 18.9. The van der Waals surface area contributed by atoms with Crippen LogP contribution in [0.15, 0.2) is 96.1 Å². The molecule has 4 rings (SSSR count). The first-order chi connectivity index (χ1) is 17.6. The van der Waals surface area contributed by atoms with E-state index in [4.69, 9.17) is 24.5 Å². The van der Waals surface area contributed by atoms with Gasteiger partial charge in [0.1, 0.15) is 12.7 Å². The highest BCUT2D eigenvalue weighted by Gasteiger charge is 2.50. The van der Waals surface area contributed by atoms with E-state index >= 15 is 0 Å². The van der Waals surface area contributed by atoms with E-state index < -0.39 is 42.4 Å². The topological polar surface area (TPSA) is 137 Å². The second-order valence-electron chi connectivity index (χ2n) is 7.71. The van der Waals surface area contributed by atoms with Gasteiger partial charge in [-0.25, -0.2) is 14.4 Å². The molecule has 0 radical (unpaired) electrons. The maximum atomic E-state index is 12.8. The average Bonchev–Trinajstić information content (AvgIpc) is 3.24. The first-order valence-electron chi connectivity index (χ1n) is 11.0. The summed E-state index contributed by atoms with van der Waals surface area (Å²) in [6.45, 7) is -0.350. The molecule has 0 spiro atoms. The molecule has 0 unspecified atom stereocenters. The standard InChI is InChI=1S/C26H21N3O7/c27-29-28-23-22(36-26(32)19-14-8-3-9-15-19)21(35-25(31)18-12-6-2-7-13-18)20(34-23)16-33-24(30)17-10-4-1-5-11-17/h1-15,20-23H,16H2/t20-,21+,22+,23-/m1/s1. The molecule has 0 aliphatic carbocycles. The Morgan fingerprint density at radius 1 is 0.722 bits per heavy atom. The molecule has 3 aromatic rings. The normalized spacial score (nSPS) is 20.6. The second-order valence-corrected chi connectivity index (χ2v) is 7.71. The van der Waals surface area contributed by atoms with E-state index in [2.05, 4.69) is 10.0 Å². The number of hydrogen-bond donors (Lipinski definition) is 0. The van der Waals surface area contributed by atoms with Crippen molar-refractivity contribution in [3.63, 3.8) is 0 Å². The number of carbonyl (C=O) groups excluding carboxylic acids is 3. The van der Waals surface area contributed by atoms with Gasteiger partial charge in [-0.1, -0.05) is 59.7 Å². The van der Waals surface area contributed by atoms with Crippen molar-refractivity contribution in [2.45, 2.75) is 24.5 Å². The molecule has 1 saturated heterocycles. The molecule has 0 saturated carbocycles. The highest BCUT2D eigenvalue weighted by molar-refractivity contribution is 5.91. The lowest BCUT2D eigenvalue weighted by molar-refractivity contribution is -0.0445. The molecule has 1 aliphatic heterocycles. The summed E-state index contributed by atoms with van der Waals surface area (Å²) in [6.07, 6.45) is -4.92. The summed E-state index contributed by atoms with van der Waals surface area (Å²) in [5.41, 5.74) is 9.84. The second kappa shape index (κ2) is 11.7. The quantitative estimate of drug-likeness (QED) is 0.152. The first kappa shape index (κ1) is 24.5. The van der Waals surface area contributed by atoms with E-state index in [1.807, 2.05) is 0 Å². The first-order valence-corrected chi connectivity index (χ1v) is 11.0. The van der Waals surface area contributed by atoms with Crippen LogP contribution in [0, 0.1) is 0 Å². The molecular weight excluding hydrogens is 466 g/mol. The van der Waals surface area contributed by atoms with Crippen molar-refractivity contribution in [2.24, 2.45) is 5.11 Å². The summed E-state index contributed by atoms with van der Waals surface area (Å²) in [6, 6.07) is 24.6. The van der Waals surface area contributed by atoms with Gasteiger partial charge in [0.15, 0.2) is 18.4 Å². The average molecular weight is 487 g/mol. The van der Waals surface area contributed by atoms with Crippen LogP contribution in [0.4, 0.5) is 0 Å². The van der Waals surface area contributed by atoms with E-state index in [0.717, 1.165) is 0 Å². The zero-order valence-electron chi connectivity index (χ0n) is 18.9. The minimum atomic E-state index is -1.32. The molecule has 1 fully saturated rings. The summed E-state index contributed by atoms with van der Waals surface area (Å²) in [4.78, 5) is 40.8. The molecule has 10 heteroatoms. The van der Waals surface area contributed by atoms with E-state index in [1.165, 1.54) is 0 Å². The van der Waals surface area contributed by atoms with Crippen molar-refractivity contribution in [2.75, 3.05) is 6.61 Å². The molecule has 1 aliphatic rings. The molecule has 10 nitrogen and oxygen atoms in total. The number of ether oxygens (including phenoxy) is 4. The monoisotopic (exact) mass is 487 g/mol. The van der Waals surface area contributed by atoms with E-state index in [-0.39, 0.29) is 17.7 Å². The lowest BCUT2D eigenvalue weighted by Crippen LogP contribution is -2.41. The third kappa shape index (κ3) is 5.87. The minimum absolute atomic E-state index is 0.240. The van der Waals surface area contributed by atoms with Gasteiger partial charge in [-0.2, -0.15) is 0 Å². The number of esters is 3. The fraction of sp³-hybridized carbons (Fsp3) is 0.192. The van der Waals surface area contributed by atoms with E-state index in [9.17, 15) is 14.4 Å². The van der Waals surface area contributed by atoms with Crippen molar-refractivity contribution in [1.29, 1.82) is 0 Å². The van der Waals surface area contributed by atoms with Crippen LogP contribution >= 0.6 is 0 Å². The van der Waals surface area contributed by atoms with Crippen molar-refractivity contribution >= 4 is 17.9 Å². The Balaban J connectivity index is 1.58. The highest BCUT2D eigenvalue weighted by atomic mass is 16.7. The Morgan fingerprint density at radius 2 is 1.17 bits per heavy atom. The molecule has 1 heterocycles. The fourth-order valence-corrected chi connectivity index (χ4v) is 3.60. The van der Waals surface area contributed by atoms with Crippen LogP contribution in [-0.4, -0.2) is 49.1 Å². The Morgan fingerprint density at radius 3 is 1.64 bits per heavy atom. The summed E-state index contributed by atoms with van der Waals surface area (Å²) < 4.78 is 22.3. The van der Waals surface area contributed by atoms with Crippen molar-refractivity contribution < 1.29 is 33.3 Å². The molecular formula is C26H21N3O7. The Hall–Kier alpha value is -4.66. The number of rotatable bonds is 8. The number of carbonyl (C=O) groups is 3. The van der Waals surface area contributed by atoms with Crippen molar-refractivity contribution in [3.05, 3.63) is 118 Å². The molecule has 0 bridgehead atoms. The van der Waals surface area contributed by atoms with Crippen LogP contribution in [0.3, 0.4) is 0 Å². The largest absolute Gasteiger partial charge is 0.459 e. The molecule has 0 amide bonds. The lowest BCUT2D eigenvalue weighted by atomic mass is 10.1. The van der Waals surface area contributed by atoms with Crippen molar-refractivity contribution in [1.82, 2.24) is 0 Å². The summed E-state index contributed by atoms with van der Waals surface area (Å²) in [5.74, 6) is -2.08. The van der Waals surface area contributed by atoms with Crippen LogP contribution in [-0.2, 0) is 18.9 Å². The van der Waals surface area contributed by atoms with Crippen LogP contribution in [0.2, 0.25) is 0 Å². The van der Waals surface area contributed by atoms with Gasteiger partial charge in [0, 0.05) is 4.91 Å². The number of benzene rings is 3. The van der Waals surface area contributed by atoms with Gasteiger partial charge in [-0.05, 0) is 41.9 Å². The maximum absolute atomic E-state index is 12.8. The molecule has 3 aromatic carbocycles. The predicted molar refractivity (Wildman–Crippen MR) is 126 cm³/mol. The van der Waals surface area contributed by atoms with Gasteiger partial charge in [0.25, 0.3) is 0 Å². The summed E-state index contributed by atoms with van der Waals surface area (Å²) in [7, 11) is 0. The number of azide groups is 1. The Kier molecular flexibility index (Phi) is 7.92. The molecule has 4 atom stereocenters. The van der Waals surface area contributed by atoms with E-state index in [1.54, 1.807) is 91.0 Å². The summed E-state index contributed by atoms with van der Waals surface area (Å²) in [5, 5.41) is 3.57. The van der Waals surface area contributed by atoms with Crippen LogP contribution < -0.4 is 0 Å². The number of hydrogen-bond acceptors (Lipinski definition) is 8. The van der Waals surface area contributed by atoms with Gasteiger partial charge in [-0.15, -0.1) is 0 Å².